The molecule has 1 heterocycles. The molecule has 5 heteroatoms. The Labute approximate surface area is 145 Å². The van der Waals surface area contributed by atoms with Gasteiger partial charge in [0.05, 0.1) is 5.92 Å². The molecule has 0 aromatic heterocycles. The molecule has 0 bridgehead atoms. The van der Waals surface area contributed by atoms with Gasteiger partial charge < -0.3 is 15.1 Å². The highest BCUT2D eigenvalue weighted by Crippen LogP contribution is 2.18. The third-order valence-electron chi connectivity index (χ3n) is 4.72. The second kappa shape index (κ2) is 9.42. The van der Waals surface area contributed by atoms with Crippen LogP contribution in [-0.4, -0.2) is 60.9 Å². The average Bonchev–Trinajstić information content (AvgIpc) is 2.98. The molecule has 0 spiro atoms. The molecular formula is C19H29N3O2. The van der Waals surface area contributed by atoms with Crippen LogP contribution in [0.15, 0.2) is 30.3 Å². The van der Waals surface area contributed by atoms with E-state index in [4.69, 9.17) is 0 Å². The fourth-order valence-electron chi connectivity index (χ4n) is 3.09. The van der Waals surface area contributed by atoms with Gasteiger partial charge in [0.15, 0.2) is 0 Å². The zero-order valence-electron chi connectivity index (χ0n) is 14.8. The van der Waals surface area contributed by atoms with Crippen molar-refractivity contribution in [1.29, 1.82) is 0 Å². The number of nitrogens with one attached hydrogen (secondary N) is 1. The van der Waals surface area contributed by atoms with Gasteiger partial charge in [-0.3, -0.25) is 9.59 Å². The van der Waals surface area contributed by atoms with Crippen molar-refractivity contribution in [3.8, 4) is 0 Å². The third-order valence-corrected chi connectivity index (χ3v) is 4.72. The third kappa shape index (κ3) is 5.34. The highest BCUT2D eigenvalue weighted by atomic mass is 16.2. The van der Waals surface area contributed by atoms with Crippen molar-refractivity contribution in [2.45, 2.75) is 26.7 Å². The minimum absolute atomic E-state index is 0.0118. The fourth-order valence-corrected chi connectivity index (χ4v) is 3.09. The van der Waals surface area contributed by atoms with Crippen molar-refractivity contribution in [3.63, 3.8) is 0 Å². The number of amides is 2. The Morgan fingerprint density at radius 2 is 1.96 bits per heavy atom. The Kier molecular flexibility index (Phi) is 7.25. The first-order valence-corrected chi connectivity index (χ1v) is 8.95. The van der Waals surface area contributed by atoms with Gasteiger partial charge in [0, 0.05) is 32.6 Å². The van der Waals surface area contributed by atoms with E-state index in [2.05, 4.69) is 36.2 Å². The van der Waals surface area contributed by atoms with E-state index in [1.807, 2.05) is 23.1 Å². The molecule has 132 valence electrons. The fraction of sp³-hybridized carbons (Fsp3) is 0.579. The molecule has 0 aliphatic carbocycles. The first-order chi connectivity index (χ1) is 11.6. The maximum atomic E-state index is 12.3. The number of hydrogen-bond donors (Lipinski definition) is 1. The standard InChI is InChI=1S/C19H29N3O2/c1-3-21(4-2)13-11-20-19(24)17-14-18(23)22(15-17)12-10-16-8-6-5-7-9-16/h5-9,17H,3-4,10-15H2,1-2H3,(H,20,24)/t17-/m0/s1. The van der Waals surface area contributed by atoms with E-state index in [0.29, 0.717) is 26.1 Å². The molecule has 1 fully saturated rings. The lowest BCUT2D eigenvalue weighted by Gasteiger charge is -2.19. The first-order valence-electron chi connectivity index (χ1n) is 8.95. The number of likely N-dealkylation sites (tertiary alicyclic amines) is 1. The van der Waals surface area contributed by atoms with Crippen LogP contribution in [0.25, 0.3) is 0 Å². The zero-order chi connectivity index (χ0) is 17.4. The Balaban J connectivity index is 1.73. The van der Waals surface area contributed by atoms with E-state index in [9.17, 15) is 9.59 Å². The Hall–Kier alpha value is -1.88. The lowest BCUT2D eigenvalue weighted by molar-refractivity contribution is -0.129. The van der Waals surface area contributed by atoms with Crippen molar-refractivity contribution in [3.05, 3.63) is 35.9 Å². The van der Waals surface area contributed by atoms with E-state index in [-0.39, 0.29) is 17.7 Å². The van der Waals surface area contributed by atoms with Gasteiger partial charge in [-0.05, 0) is 25.1 Å². The summed E-state index contributed by atoms with van der Waals surface area (Å²) in [5, 5.41) is 2.98. The highest BCUT2D eigenvalue weighted by Gasteiger charge is 2.33. The molecule has 0 unspecified atom stereocenters. The molecule has 1 saturated heterocycles. The van der Waals surface area contributed by atoms with E-state index < -0.39 is 0 Å². The molecule has 1 aliphatic rings. The summed E-state index contributed by atoms with van der Waals surface area (Å²) in [6.45, 7) is 8.95. The number of hydrogen-bond acceptors (Lipinski definition) is 3. The quantitative estimate of drug-likeness (QED) is 0.747. The second-order valence-corrected chi connectivity index (χ2v) is 6.29. The Morgan fingerprint density at radius 1 is 1.25 bits per heavy atom. The van der Waals surface area contributed by atoms with Crippen LogP contribution in [0.2, 0.25) is 0 Å². The summed E-state index contributed by atoms with van der Waals surface area (Å²) in [5.41, 5.74) is 1.22. The Bertz CT molecular complexity index is 529. The van der Waals surface area contributed by atoms with E-state index in [1.165, 1.54) is 5.56 Å². The number of rotatable bonds is 9. The maximum absolute atomic E-state index is 12.3. The molecule has 1 aromatic rings. The lowest BCUT2D eigenvalue weighted by atomic mass is 10.1. The maximum Gasteiger partial charge on any atom is 0.225 e. The van der Waals surface area contributed by atoms with Crippen LogP contribution in [0, 0.1) is 5.92 Å². The van der Waals surface area contributed by atoms with Crippen LogP contribution in [0.5, 0.6) is 0 Å². The van der Waals surface area contributed by atoms with Gasteiger partial charge in [0.1, 0.15) is 0 Å². The smallest absolute Gasteiger partial charge is 0.225 e. The number of carbonyl (C=O) groups is 2. The molecular weight excluding hydrogens is 302 g/mol. The van der Waals surface area contributed by atoms with Crippen LogP contribution in [0.4, 0.5) is 0 Å². The SMILES string of the molecule is CCN(CC)CCNC(=O)[C@H]1CC(=O)N(CCc2ccccc2)C1. The van der Waals surface area contributed by atoms with Crippen LogP contribution >= 0.6 is 0 Å². The molecule has 24 heavy (non-hydrogen) atoms. The number of carbonyl (C=O) groups excluding carboxylic acids is 2. The molecule has 1 aromatic carbocycles. The lowest BCUT2D eigenvalue weighted by Crippen LogP contribution is -2.38. The summed E-state index contributed by atoms with van der Waals surface area (Å²) < 4.78 is 0. The van der Waals surface area contributed by atoms with Gasteiger partial charge in [0.25, 0.3) is 0 Å². The van der Waals surface area contributed by atoms with Gasteiger partial charge in [0.2, 0.25) is 11.8 Å². The van der Waals surface area contributed by atoms with Crippen molar-refractivity contribution in [2.24, 2.45) is 5.92 Å². The number of likely N-dealkylation sites (N-methyl/N-ethyl adjacent to an activating group) is 1. The van der Waals surface area contributed by atoms with Crippen LogP contribution in [-0.2, 0) is 16.0 Å². The minimum Gasteiger partial charge on any atom is -0.355 e. The predicted octanol–water partition coefficient (Wildman–Crippen LogP) is 1.54. The van der Waals surface area contributed by atoms with Gasteiger partial charge in [-0.15, -0.1) is 0 Å². The monoisotopic (exact) mass is 331 g/mol. The van der Waals surface area contributed by atoms with Gasteiger partial charge >= 0.3 is 0 Å². The normalized spacial score (nSPS) is 17.5. The van der Waals surface area contributed by atoms with Crippen molar-refractivity contribution >= 4 is 11.8 Å². The molecule has 2 amide bonds. The van der Waals surface area contributed by atoms with Gasteiger partial charge in [-0.1, -0.05) is 44.2 Å². The zero-order valence-corrected chi connectivity index (χ0v) is 14.8. The number of benzene rings is 1. The summed E-state index contributed by atoms with van der Waals surface area (Å²) in [6, 6.07) is 10.1. The molecule has 0 saturated carbocycles. The summed E-state index contributed by atoms with van der Waals surface area (Å²) in [5.74, 6) is -0.0995. The summed E-state index contributed by atoms with van der Waals surface area (Å²) >= 11 is 0. The van der Waals surface area contributed by atoms with Gasteiger partial charge in [-0.2, -0.15) is 0 Å². The average molecular weight is 331 g/mol. The van der Waals surface area contributed by atoms with E-state index in [1.54, 1.807) is 0 Å². The minimum atomic E-state index is -0.204. The van der Waals surface area contributed by atoms with Gasteiger partial charge in [-0.25, -0.2) is 0 Å². The molecule has 1 atom stereocenters. The molecule has 0 radical (unpaired) electrons. The largest absolute Gasteiger partial charge is 0.355 e. The van der Waals surface area contributed by atoms with Crippen molar-refractivity contribution in [2.75, 3.05) is 39.3 Å². The molecule has 5 nitrogen and oxygen atoms in total. The second-order valence-electron chi connectivity index (χ2n) is 6.29. The summed E-state index contributed by atoms with van der Waals surface area (Å²) in [4.78, 5) is 28.5. The first kappa shape index (κ1) is 18.5. The summed E-state index contributed by atoms with van der Waals surface area (Å²) in [7, 11) is 0. The van der Waals surface area contributed by atoms with Crippen molar-refractivity contribution in [1.82, 2.24) is 15.1 Å². The molecule has 1 aliphatic heterocycles. The molecule has 2 rings (SSSR count). The van der Waals surface area contributed by atoms with Crippen LogP contribution in [0.1, 0.15) is 25.8 Å². The predicted molar refractivity (Wildman–Crippen MR) is 95.6 cm³/mol. The Morgan fingerprint density at radius 3 is 2.62 bits per heavy atom. The number of nitrogens with zero attached hydrogens (tertiary/aromatic N) is 2. The van der Waals surface area contributed by atoms with Crippen molar-refractivity contribution < 1.29 is 9.59 Å². The van der Waals surface area contributed by atoms with Crippen LogP contribution in [0.3, 0.4) is 0 Å². The van der Waals surface area contributed by atoms with E-state index in [0.717, 1.165) is 26.1 Å². The van der Waals surface area contributed by atoms with Crippen LogP contribution < -0.4 is 5.32 Å². The topological polar surface area (TPSA) is 52.7 Å². The van der Waals surface area contributed by atoms with E-state index >= 15 is 0 Å². The summed E-state index contributed by atoms with van der Waals surface area (Å²) in [6.07, 6.45) is 1.18. The highest BCUT2D eigenvalue weighted by molar-refractivity contribution is 5.89. The molecule has 1 N–H and O–H groups in total.